The number of amides is 1. The van der Waals surface area contributed by atoms with Crippen LogP contribution in [0.15, 0.2) is 65.3 Å². The number of carbonyl (C=O) groups excluding carboxylic acids is 1. The summed E-state index contributed by atoms with van der Waals surface area (Å²) >= 11 is 0. The minimum atomic E-state index is -0.126. The summed E-state index contributed by atoms with van der Waals surface area (Å²) in [6.07, 6.45) is 1.62. The van der Waals surface area contributed by atoms with Crippen LogP contribution in [0.3, 0.4) is 0 Å². The zero-order valence-electron chi connectivity index (χ0n) is 12.6. The van der Waals surface area contributed by atoms with Gasteiger partial charge in [0.05, 0.1) is 6.26 Å². The molecule has 0 fully saturated rings. The van der Waals surface area contributed by atoms with E-state index in [1.54, 1.807) is 12.3 Å². The Bertz CT molecular complexity index is 784. The molecule has 0 unspecified atom stereocenters. The summed E-state index contributed by atoms with van der Waals surface area (Å²) in [6, 6.07) is 17.1. The predicted octanol–water partition coefficient (Wildman–Crippen LogP) is 4.82. The minimum absolute atomic E-state index is 0.126. The monoisotopic (exact) mass is 291 g/mol. The summed E-state index contributed by atoms with van der Waals surface area (Å²) < 4.78 is 5.37. The lowest BCUT2D eigenvalue weighted by Crippen LogP contribution is -2.12. The van der Waals surface area contributed by atoms with Crippen molar-refractivity contribution in [2.75, 3.05) is 5.32 Å². The van der Waals surface area contributed by atoms with Gasteiger partial charge < -0.3 is 9.73 Å². The molecule has 0 atom stereocenters. The van der Waals surface area contributed by atoms with Crippen LogP contribution in [0.4, 0.5) is 5.69 Å². The van der Waals surface area contributed by atoms with Crippen molar-refractivity contribution in [3.63, 3.8) is 0 Å². The van der Waals surface area contributed by atoms with E-state index in [1.807, 2.05) is 56.3 Å². The van der Waals surface area contributed by atoms with Crippen molar-refractivity contribution in [3.8, 4) is 11.3 Å². The molecule has 110 valence electrons. The molecular formula is C19H17NO2. The summed E-state index contributed by atoms with van der Waals surface area (Å²) in [6.45, 7) is 4.03. The number of hydrogen-bond acceptors (Lipinski definition) is 2. The number of anilines is 1. The van der Waals surface area contributed by atoms with E-state index in [-0.39, 0.29) is 5.91 Å². The van der Waals surface area contributed by atoms with E-state index < -0.39 is 0 Å². The van der Waals surface area contributed by atoms with Crippen LogP contribution in [-0.2, 0) is 0 Å². The first-order valence-corrected chi connectivity index (χ1v) is 7.15. The van der Waals surface area contributed by atoms with Crippen LogP contribution in [0.25, 0.3) is 11.3 Å². The molecule has 0 saturated carbocycles. The Labute approximate surface area is 129 Å². The molecule has 2 aromatic carbocycles. The van der Waals surface area contributed by atoms with Gasteiger partial charge in [0.15, 0.2) is 0 Å². The predicted molar refractivity (Wildman–Crippen MR) is 88.0 cm³/mol. The molecule has 0 radical (unpaired) electrons. The average molecular weight is 291 g/mol. The summed E-state index contributed by atoms with van der Waals surface area (Å²) in [5, 5.41) is 2.94. The molecule has 1 N–H and O–H groups in total. The van der Waals surface area contributed by atoms with Crippen LogP contribution < -0.4 is 5.32 Å². The van der Waals surface area contributed by atoms with Gasteiger partial charge in [-0.25, -0.2) is 0 Å². The second kappa shape index (κ2) is 5.90. The SMILES string of the molecule is Cc1cc(C)cc(NC(=O)c2cccc(-c3ccco3)c2)c1. The normalized spacial score (nSPS) is 10.5. The topological polar surface area (TPSA) is 42.2 Å². The molecule has 0 spiro atoms. The quantitative estimate of drug-likeness (QED) is 0.752. The highest BCUT2D eigenvalue weighted by atomic mass is 16.3. The lowest BCUT2D eigenvalue weighted by molar-refractivity contribution is 0.102. The standard InChI is InChI=1S/C19H17NO2/c1-13-9-14(2)11-17(10-13)20-19(21)16-6-3-5-15(12-16)18-7-4-8-22-18/h3-12H,1-2H3,(H,20,21). The number of furan rings is 1. The number of nitrogens with one attached hydrogen (secondary N) is 1. The smallest absolute Gasteiger partial charge is 0.255 e. The van der Waals surface area contributed by atoms with Crippen LogP contribution in [0.2, 0.25) is 0 Å². The third-order valence-electron chi connectivity index (χ3n) is 3.41. The fraction of sp³-hybridized carbons (Fsp3) is 0.105. The van der Waals surface area contributed by atoms with E-state index in [1.165, 1.54) is 0 Å². The first-order chi connectivity index (χ1) is 10.6. The van der Waals surface area contributed by atoms with Gasteiger partial charge in [-0.2, -0.15) is 0 Å². The largest absolute Gasteiger partial charge is 0.464 e. The van der Waals surface area contributed by atoms with Crippen molar-refractivity contribution in [1.29, 1.82) is 0 Å². The second-order valence-electron chi connectivity index (χ2n) is 5.39. The molecule has 3 aromatic rings. The third kappa shape index (κ3) is 3.09. The van der Waals surface area contributed by atoms with E-state index in [0.29, 0.717) is 5.56 Å². The molecule has 1 aromatic heterocycles. The van der Waals surface area contributed by atoms with Crippen molar-refractivity contribution < 1.29 is 9.21 Å². The maximum Gasteiger partial charge on any atom is 0.255 e. The summed E-state index contributed by atoms with van der Waals surface area (Å²) in [4.78, 5) is 12.4. The van der Waals surface area contributed by atoms with E-state index in [4.69, 9.17) is 4.42 Å². The van der Waals surface area contributed by atoms with E-state index >= 15 is 0 Å². The van der Waals surface area contributed by atoms with Gasteiger partial charge in [0.25, 0.3) is 5.91 Å². The minimum Gasteiger partial charge on any atom is -0.464 e. The first-order valence-electron chi connectivity index (χ1n) is 7.15. The van der Waals surface area contributed by atoms with Crippen LogP contribution in [0.5, 0.6) is 0 Å². The van der Waals surface area contributed by atoms with Gasteiger partial charge in [-0.15, -0.1) is 0 Å². The summed E-state index contributed by atoms with van der Waals surface area (Å²) in [7, 11) is 0. The van der Waals surface area contributed by atoms with Gasteiger partial charge in [0, 0.05) is 16.8 Å². The number of aryl methyl sites for hydroxylation is 2. The van der Waals surface area contributed by atoms with Gasteiger partial charge in [-0.3, -0.25) is 4.79 Å². The van der Waals surface area contributed by atoms with Crippen LogP contribution >= 0.6 is 0 Å². The number of hydrogen-bond donors (Lipinski definition) is 1. The Morgan fingerprint density at radius 3 is 2.41 bits per heavy atom. The lowest BCUT2D eigenvalue weighted by Gasteiger charge is -2.08. The van der Waals surface area contributed by atoms with Gasteiger partial charge in [-0.05, 0) is 61.4 Å². The lowest BCUT2D eigenvalue weighted by atomic mass is 10.1. The number of rotatable bonds is 3. The van der Waals surface area contributed by atoms with Gasteiger partial charge >= 0.3 is 0 Å². The molecule has 3 rings (SSSR count). The molecule has 0 aliphatic carbocycles. The molecule has 0 bridgehead atoms. The maximum atomic E-state index is 12.4. The Hall–Kier alpha value is -2.81. The maximum absolute atomic E-state index is 12.4. The molecule has 22 heavy (non-hydrogen) atoms. The number of carbonyl (C=O) groups is 1. The zero-order chi connectivity index (χ0) is 15.5. The zero-order valence-corrected chi connectivity index (χ0v) is 12.6. The van der Waals surface area contributed by atoms with Crippen LogP contribution in [0.1, 0.15) is 21.5 Å². The van der Waals surface area contributed by atoms with E-state index in [0.717, 1.165) is 28.1 Å². The number of benzene rings is 2. The molecule has 3 nitrogen and oxygen atoms in total. The highest BCUT2D eigenvalue weighted by Gasteiger charge is 2.09. The van der Waals surface area contributed by atoms with Crippen molar-refractivity contribution in [2.45, 2.75) is 13.8 Å². The summed E-state index contributed by atoms with van der Waals surface area (Å²) in [5.74, 6) is 0.624. The highest BCUT2D eigenvalue weighted by Crippen LogP contribution is 2.21. The van der Waals surface area contributed by atoms with Crippen molar-refractivity contribution in [3.05, 3.63) is 77.6 Å². The van der Waals surface area contributed by atoms with Crippen molar-refractivity contribution >= 4 is 11.6 Å². The van der Waals surface area contributed by atoms with Crippen LogP contribution in [-0.4, -0.2) is 5.91 Å². The van der Waals surface area contributed by atoms with Crippen LogP contribution in [0, 0.1) is 13.8 Å². The fourth-order valence-corrected chi connectivity index (χ4v) is 2.51. The molecule has 1 heterocycles. The van der Waals surface area contributed by atoms with Gasteiger partial charge in [0.1, 0.15) is 5.76 Å². The molecule has 3 heteroatoms. The van der Waals surface area contributed by atoms with Gasteiger partial charge in [0.2, 0.25) is 0 Å². The Morgan fingerprint density at radius 1 is 0.955 bits per heavy atom. The highest BCUT2D eigenvalue weighted by molar-refractivity contribution is 6.05. The van der Waals surface area contributed by atoms with E-state index in [9.17, 15) is 4.79 Å². The Kier molecular flexibility index (Phi) is 3.79. The van der Waals surface area contributed by atoms with E-state index in [2.05, 4.69) is 11.4 Å². The molecule has 0 aliphatic heterocycles. The third-order valence-corrected chi connectivity index (χ3v) is 3.41. The Morgan fingerprint density at radius 2 is 1.73 bits per heavy atom. The first kappa shape index (κ1) is 14.1. The van der Waals surface area contributed by atoms with Crippen molar-refractivity contribution in [2.24, 2.45) is 0 Å². The molecule has 1 amide bonds. The summed E-state index contributed by atoms with van der Waals surface area (Å²) in [5.41, 5.74) is 4.55. The molecule has 0 saturated heterocycles. The molecule has 0 aliphatic rings. The fourth-order valence-electron chi connectivity index (χ4n) is 2.51. The van der Waals surface area contributed by atoms with Crippen molar-refractivity contribution in [1.82, 2.24) is 0 Å². The average Bonchev–Trinajstić information content (AvgIpc) is 3.00. The Balaban J connectivity index is 1.85. The van der Waals surface area contributed by atoms with Gasteiger partial charge in [-0.1, -0.05) is 18.2 Å². The second-order valence-corrected chi connectivity index (χ2v) is 5.39. The molecular weight excluding hydrogens is 274 g/mol.